The molecule has 0 amide bonds. The second-order valence-electron chi connectivity index (χ2n) is 5.60. The van der Waals surface area contributed by atoms with E-state index in [1.807, 2.05) is 0 Å². The molecular weight excluding hydrogens is 281 g/mol. The molecule has 0 atom stereocenters. The second kappa shape index (κ2) is 6.96. The standard InChI is InChI=1S/C16H19F3O2/c17-16(18,19)21-15-9-6-13(7-10-15)11-14(20)8-5-12-3-1-2-4-12/h6-7,9-10,12H,1-5,8,11H2. The maximum Gasteiger partial charge on any atom is 0.573 e. The van der Waals surface area contributed by atoms with Crippen LogP contribution in [0.5, 0.6) is 5.75 Å². The summed E-state index contributed by atoms with van der Waals surface area (Å²) < 4.78 is 39.9. The van der Waals surface area contributed by atoms with Crippen molar-refractivity contribution in [3.05, 3.63) is 29.8 Å². The van der Waals surface area contributed by atoms with Crippen molar-refractivity contribution in [1.29, 1.82) is 0 Å². The molecule has 0 radical (unpaired) electrons. The Bertz CT molecular complexity index is 459. The molecule has 0 N–H and O–H groups in total. The second-order valence-corrected chi connectivity index (χ2v) is 5.60. The van der Waals surface area contributed by atoms with Gasteiger partial charge in [-0.25, -0.2) is 0 Å². The van der Waals surface area contributed by atoms with Crippen molar-refractivity contribution in [2.75, 3.05) is 0 Å². The van der Waals surface area contributed by atoms with Crippen molar-refractivity contribution in [2.45, 2.75) is 51.3 Å². The van der Waals surface area contributed by atoms with Gasteiger partial charge in [0.25, 0.3) is 0 Å². The fourth-order valence-electron chi connectivity index (χ4n) is 2.79. The summed E-state index contributed by atoms with van der Waals surface area (Å²) in [5.74, 6) is 0.563. The number of halogens is 3. The van der Waals surface area contributed by atoms with Crippen LogP contribution in [0.3, 0.4) is 0 Å². The fourth-order valence-corrected chi connectivity index (χ4v) is 2.79. The highest BCUT2D eigenvalue weighted by Gasteiger charge is 2.30. The number of hydrogen-bond acceptors (Lipinski definition) is 2. The van der Waals surface area contributed by atoms with Gasteiger partial charge in [0, 0.05) is 12.8 Å². The van der Waals surface area contributed by atoms with Gasteiger partial charge in [-0.15, -0.1) is 13.2 Å². The smallest absolute Gasteiger partial charge is 0.406 e. The zero-order valence-corrected chi connectivity index (χ0v) is 11.8. The van der Waals surface area contributed by atoms with Gasteiger partial charge < -0.3 is 4.74 Å². The topological polar surface area (TPSA) is 26.3 Å². The SMILES string of the molecule is O=C(CCC1CCCC1)Cc1ccc(OC(F)(F)F)cc1. The normalized spacial score (nSPS) is 16.1. The predicted molar refractivity (Wildman–Crippen MR) is 73.0 cm³/mol. The summed E-state index contributed by atoms with van der Waals surface area (Å²) in [6.45, 7) is 0. The quantitative estimate of drug-likeness (QED) is 0.763. The maximum atomic E-state index is 12.0. The Labute approximate surface area is 122 Å². The number of carbonyl (C=O) groups excluding carboxylic acids is 1. The summed E-state index contributed by atoms with van der Waals surface area (Å²) in [7, 11) is 0. The summed E-state index contributed by atoms with van der Waals surface area (Å²) in [5.41, 5.74) is 0.723. The largest absolute Gasteiger partial charge is 0.573 e. The molecule has 1 aliphatic carbocycles. The zero-order valence-electron chi connectivity index (χ0n) is 11.8. The van der Waals surface area contributed by atoms with Crippen LogP contribution >= 0.6 is 0 Å². The molecule has 1 aromatic rings. The van der Waals surface area contributed by atoms with Gasteiger partial charge in [0.05, 0.1) is 0 Å². The molecule has 1 fully saturated rings. The van der Waals surface area contributed by atoms with E-state index in [1.54, 1.807) is 0 Å². The molecule has 0 heterocycles. The van der Waals surface area contributed by atoms with E-state index in [0.717, 1.165) is 12.0 Å². The molecular formula is C16H19F3O2. The molecule has 2 nitrogen and oxygen atoms in total. The number of Topliss-reactive ketones (excluding diaryl/α,β-unsaturated/α-hetero) is 1. The Kier molecular flexibility index (Phi) is 5.26. The van der Waals surface area contributed by atoms with E-state index >= 15 is 0 Å². The van der Waals surface area contributed by atoms with Crippen molar-refractivity contribution in [3.8, 4) is 5.75 Å². The first kappa shape index (κ1) is 15.9. The monoisotopic (exact) mass is 300 g/mol. The van der Waals surface area contributed by atoms with Crippen LogP contribution in [0, 0.1) is 5.92 Å². The number of alkyl halides is 3. The Balaban J connectivity index is 1.78. The number of carbonyl (C=O) groups is 1. The van der Waals surface area contributed by atoms with Gasteiger partial charge in [-0.1, -0.05) is 37.8 Å². The molecule has 21 heavy (non-hydrogen) atoms. The van der Waals surface area contributed by atoms with Gasteiger partial charge in [0.1, 0.15) is 11.5 Å². The highest BCUT2D eigenvalue weighted by Crippen LogP contribution is 2.29. The van der Waals surface area contributed by atoms with Crippen LogP contribution in [-0.2, 0) is 11.2 Å². The molecule has 5 heteroatoms. The Morgan fingerprint density at radius 1 is 1.14 bits per heavy atom. The van der Waals surface area contributed by atoms with Gasteiger partial charge in [-0.3, -0.25) is 4.79 Å². The average molecular weight is 300 g/mol. The molecule has 0 aliphatic heterocycles. The van der Waals surface area contributed by atoms with Crippen molar-refractivity contribution in [3.63, 3.8) is 0 Å². The Hall–Kier alpha value is -1.52. The first-order chi connectivity index (χ1) is 9.92. The summed E-state index contributed by atoms with van der Waals surface area (Å²) in [4.78, 5) is 11.9. The molecule has 1 aliphatic rings. The predicted octanol–water partition coefficient (Wildman–Crippen LogP) is 4.67. The van der Waals surface area contributed by atoms with Crippen LogP contribution < -0.4 is 4.74 Å². The molecule has 0 spiro atoms. The minimum Gasteiger partial charge on any atom is -0.406 e. The molecule has 1 aromatic carbocycles. The van der Waals surface area contributed by atoms with Crippen LogP contribution in [0.2, 0.25) is 0 Å². The lowest BCUT2D eigenvalue weighted by Gasteiger charge is -2.10. The third kappa shape index (κ3) is 5.78. The van der Waals surface area contributed by atoms with E-state index in [1.165, 1.54) is 49.9 Å². The van der Waals surface area contributed by atoms with Gasteiger partial charge in [0.2, 0.25) is 0 Å². The van der Waals surface area contributed by atoms with E-state index in [2.05, 4.69) is 4.74 Å². The fraction of sp³-hybridized carbons (Fsp3) is 0.562. The third-order valence-corrected chi connectivity index (χ3v) is 3.86. The zero-order chi connectivity index (χ0) is 15.3. The Morgan fingerprint density at radius 2 is 1.76 bits per heavy atom. The van der Waals surface area contributed by atoms with Crippen molar-refractivity contribution >= 4 is 5.78 Å². The van der Waals surface area contributed by atoms with E-state index in [9.17, 15) is 18.0 Å². The highest BCUT2D eigenvalue weighted by atomic mass is 19.4. The molecule has 1 saturated carbocycles. The molecule has 0 bridgehead atoms. The molecule has 0 unspecified atom stereocenters. The maximum absolute atomic E-state index is 12.0. The first-order valence-corrected chi connectivity index (χ1v) is 7.29. The van der Waals surface area contributed by atoms with Crippen molar-refractivity contribution in [2.24, 2.45) is 5.92 Å². The van der Waals surface area contributed by atoms with E-state index in [0.29, 0.717) is 12.3 Å². The number of ether oxygens (including phenoxy) is 1. The summed E-state index contributed by atoms with van der Waals surface area (Å²) >= 11 is 0. The number of hydrogen-bond donors (Lipinski definition) is 0. The number of benzene rings is 1. The summed E-state index contributed by atoms with van der Waals surface area (Å²) in [6.07, 6.45) is 2.06. The third-order valence-electron chi connectivity index (χ3n) is 3.86. The minimum atomic E-state index is -4.68. The lowest BCUT2D eigenvalue weighted by molar-refractivity contribution is -0.274. The van der Waals surface area contributed by atoms with Crippen LogP contribution in [0.15, 0.2) is 24.3 Å². The highest BCUT2D eigenvalue weighted by molar-refractivity contribution is 5.80. The van der Waals surface area contributed by atoms with E-state index < -0.39 is 6.36 Å². The van der Waals surface area contributed by atoms with E-state index in [-0.39, 0.29) is 18.0 Å². The Morgan fingerprint density at radius 3 is 2.33 bits per heavy atom. The van der Waals surface area contributed by atoms with Gasteiger partial charge in [-0.2, -0.15) is 0 Å². The van der Waals surface area contributed by atoms with Crippen molar-refractivity contribution < 1.29 is 22.7 Å². The van der Waals surface area contributed by atoms with Crippen molar-refractivity contribution in [1.82, 2.24) is 0 Å². The van der Waals surface area contributed by atoms with Gasteiger partial charge >= 0.3 is 6.36 Å². The molecule has 2 rings (SSSR count). The van der Waals surface area contributed by atoms with Gasteiger partial charge in [-0.05, 0) is 30.0 Å². The van der Waals surface area contributed by atoms with E-state index in [4.69, 9.17) is 0 Å². The molecule has 0 saturated heterocycles. The lowest BCUT2D eigenvalue weighted by Crippen LogP contribution is -2.17. The lowest BCUT2D eigenvalue weighted by atomic mass is 9.97. The number of rotatable bonds is 6. The number of ketones is 1. The molecule has 0 aromatic heterocycles. The first-order valence-electron chi connectivity index (χ1n) is 7.29. The van der Waals surface area contributed by atoms with Crippen LogP contribution in [0.25, 0.3) is 0 Å². The summed E-state index contributed by atoms with van der Waals surface area (Å²) in [5, 5.41) is 0. The van der Waals surface area contributed by atoms with Crippen LogP contribution in [0.4, 0.5) is 13.2 Å². The average Bonchev–Trinajstić information content (AvgIpc) is 2.90. The molecule has 116 valence electrons. The minimum absolute atomic E-state index is 0.145. The van der Waals surface area contributed by atoms with Crippen LogP contribution in [0.1, 0.15) is 44.1 Å². The van der Waals surface area contributed by atoms with Crippen LogP contribution in [-0.4, -0.2) is 12.1 Å². The summed E-state index contributed by atoms with van der Waals surface area (Å²) in [6, 6.07) is 5.50. The van der Waals surface area contributed by atoms with Gasteiger partial charge in [0.15, 0.2) is 0 Å².